The molecule has 0 fully saturated rings. The molecule has 4 aromatic rings. The number of nitrogens with one attached hydrogen (secondary N) is 1. The fourth-order valence-corrected chi connectivity index (χ4v) is 4.30. The van der Waals surface area contributed by atoms with Gasteiger partial charge in [-0.15, -0.1) is 13.2 Å². The highest BCUT2D eigenvalue weighted by Gasteiger charge is 2.31. The minimum Gasteiger partial charge on any atom is -0.619 e. The zero-order valence-corrected chi connectivity index (χ0v) is 18.6. The Morgan fingerprint density at radius 1 is 1.09 bits per heavy atom. The molecule has 14 heteroatoms. The number of nitrogens with zero attached hydrogens (tertiary/aromatic N) is 3. The summed E-state index contributed by atoms with van der Waals surface area (Å²) in [7, 11) is -2.82. The third-order valence-corrected chi connectivity index (χ3v) is 6.22. The molecule has 178 valence electrons. The van der Waals surface area contributed by atoms with Crippen molar-refractivity contribution in [3.8, 4) is 22.8 Å². The van der Waals surface area contributed by atoms with Crippen LogP contribution in [0.1, 0.15) is 0 Å². The van der Waals surface area contributed by atoms with Crippen LogP contribution >= 0.6 is 11.6 Å². The lowest BCUT2D eigenvalue weighted by Crippen LogP contribution is -2.24. The second-order valence-corrected chi connectivity index (χ2v) is 8.93. The summed E-state index contributed by atoms with van der Waals surface area (Å²) >= 11 is 6.24. The van der Waals surface area contributed by atoms with Crippen molar-refractivity contribution in [3.05, 3.63) is 71.2 Å². The molecule has 4 rings (SSSR count). The number of hydrogen-bond donors (Lipinski definition) is 1. The molecule has 1 aromatic carbocycles. The normalized spacial score (nSPS) is 12.0. The molecule has 3 aromatic heterocycles. The highest BCUT2D eigenvalue weighted by molar-refractivity contribution is 7.92. The number of benzene rings is 1. The largest absolute Gasteiger partial charge is 0.619 e. The molecule has 0 radical (unpaired) electrons. The predicted octanol–water partition coefficient (Wildman–Crippen LogP) is 4.00. The van der Waals surface area contributed by atoms with Crippen molar-refractivity contribution >= 4 is 33.0 Å². The lowest BCUT2D eigenvalue weighted by atomic mass is 10.2. The van der Waals surface area contributed by atoms with Crippen LogP contribution in [0, 0.1) is 5.21 Å². The maximum Gasteiger partial charge on any atom is 0.573 e. The molecule has 0 aliphatic rings. The van der Waals surface area contributed by atoms with Gasteiger partial charge in [0.25, 0.3) is 10.0 Å². The number of aromatic nitrogens is 3. The molecule has 3 heterocycles. The molecule has 0 spiro atoms. The predicted molar refractivity (Wildman–Crippen MR) is 115 cm³/mol. The van der Waals surface area contributed by atoms with Gasteiger partial charge in [0.2, 0.25) is 6.20 Å². The van der Waals surface area contributed by atoms with Gasteiger partial charge in [-0.05, 0) is 42.5 Å². The summed E-state index contributed by atoms with van der Waals surface area (Å²) in [5.41, 5.74) is 1.04. The molecule has 0 saturated carbocycles. The molecule has 1 N–H and O–H groups in total. The first kappa shape index (κ1) is 23.4. The Hall–Kier alpha value is -3.71. The molecule has 9 nitrogen and oxygen atoms in total. The SMILES string of the molecule is COc1cc(-c2cc3c(Cl)ccc(NS(=O)(=O)c4ccc(OC(F)(F)F)cc4)n3n2)c[n+]([O-])c1. The third-order valence-electron chi connectivity index (χ3n) is 4.53. The maximum atomic E-state index is 12.8. The number of ether oxygens (including phenoxy) is 2. The van der Waals surface area contributed by atoms with Crippen LogP contribution in [0.15, 0.2) is 65.8 Å². The van der Waals surface area contributed by atoms with E-state index in [1.807, 2.05) is 0 Å². The van der Waals surface area contributed by atoms with Crippen LogP contribution in [0.4, 0.5) is 19.0 Å². The first-order chi connectivity index (χ1) is 15.9. The van der Waals surface area contributed by atoms with Crippen molar-refractivity contribution in [3.63, 3.8) is 0 Å². The Morgan fingerprint density at radius 2 is 1.79 bits per heavy atom. The van der Waals surface area contributed by atoms with Crippen molar-refractivity contribution in [2.45, 2.75) is 11.3 Å². The minimum absolute atomic E-state index is 0.000774. The number of halogens is 4. The minimum atomic E-state index is -4.90. The molecule has 0 saturated heterocycles. The standard InChI is InChI=1S/C20H14ClF3N4O5S/c1-32-14-8-12(10-27(29)11-14)17-9-18-16(21)6-7-19(28(18)25-17)26-34(30,31)15-4-2-13(3-5-15)33-20(22,23)24/h2-11,26H,1H3. The van der Waals surface area contributed by atoms with Crippen molar-refractivity contribution < 1.29 is 35.8 Å². The van der Waals surface area contributed by atoms with E-state index in [1.165, 1.54) is 36.2 Å². The molecule has 0 bridgehead atoms. The van der Waals surface area contributed by atoms with Crippen molar-refractivity contribution in [1.29, 1.82) is 0 Å². The average Bonchev–Trinajstić information content (AvgIpc) is 3.21. The van der Waals surface area contributed by atoms with E-state index in [-0.39, 0.29) is 21.5 Å². The number of anilines is 1. The fraction of sp³-hybridized carbons (Fsp3) is 0.100. The van der Waals surface area contributed by atoms with E-state index >= 15 is 0 Å². The van der Waals surface area contributed by atoms with Gasteiger partial charge in [-0.3, -0.25) is 4.72 Å². The number of rotatable bonds is 6. The summed E-state index contributed by atoms with van der Waals surface area (Å²) in [6.07, 6.45) is -2.43. The van der Waals surface area contributed by atoms with Gasteiger partial charge >= 0.3 is 6.36 Å². The Morgan fingerprint density at radius 3 is 2.44 bits per heavy atom. The highest BCUT2D eigenvalue weighted by atomic mass is 35.5. The molecular weight excluding hydrogens is 501 g/mol. The summed E-state index contributed by atoms with van der Waals surface area (Å²) in [6, 6.07) is 9.63. The molecular formula is C20H14ClF3N4O5S. The number of methoxy groups -OCH3 is 1. The number of fused-ring (bicyclic) bond motifs is 1. The van der Waals surface area contributed by atoms with Gasteiger partial charge in [-0.25, -0.2) is 12.9 Å². The summed E-state index contributed by atoms with van der Waals surface area (Å²) < 4.78 is 75.6. The van der Waals surface area contributed by atoms with E-state index in [0.717, 1.165) is 24.3 Å². The van der Waals surface area contributed by atoms with Gasteiger partial charge in [0.05, 0.1) is 33.8 Å². The molecule has 34 heavy (non-hydrogen) atoms. The summed E-state index contributed by atoms with van der Waals surface area (Å²) in [6.45, 7) is 0. The van der Waals surface area contributed by atoms with Crippen LogP contribution in [0.25, 0.3) is 16.8 Å². The average molecular weight is 515 g/mol. The molecule has 0 atom stereocenters. The van der Waals surface area contributed by atoms with E-state index < -0.39 is 22.1 Å². The molecule has 0 aliphatic carbocycles. The smallest absolute Gasteiger partial charge is 0.573 e. The maximum absolute atomic E-state index is 12.8. The molecule has 0 unspecified atom stereocenters. The van der Waals surface area contributed by atoms with E-state index in [0.29, 0.717) is 21.5 Å². The van der Waals surface area contributed by atoms with Crippen LogP contribution in [0.2, 0.25) is 5.02 Å². The van der Waals surface area contributed by atoms with Gasteiger partial charge in [-0.2, -0.15) is 9.83 Å². The van der Waals surface area contributed by atoms with E-state index in [9.17, 15) is 26.8 Å². The zero-order valence-electron chi connectivity index (χ0n) is 17.1. The van der Waals surface area contributed by atoms with E-state index in [2.05, 4.69) is 14.6 Å². The quantitative estimate of drug-likeness (QED) is 0.308. The number of alkyl halides is 3. The van der Waals surface area contributed by atoms with E-state index in [1.54, 1.807) is 12.1 Å². The fourth-order valence-electron chi connectivity index (χ4n) is 3.06. The van der Waals surface area contributed by atoms with Gasteiger partial charge in [0, 0.05) is 6.07 Å². The van der Waals surface area contributed by atoms with E-state index in [4.69, 9.17) is 16.3 Å². The van der Waals surface area contributed by atoms with Crippen molar-refractivity contribution in [2.75, 3.05) is 11.8 Å². The Labute approximate surface area is 195 Å². The summed E-state index contributed by atoms with van der Waals surface area (Å²) in [5, 5.41) is 16.5. The van der Waals surface area contributed by atoms with Gasteiger partial charge in [0.15, 0.2) is 11.9 Å². The second kappa shape index (κ2) is 8.57. The summed E-state index contributed by atoms with van der Waals surface area (Å²) in [4.78, 5) is -0.308. The van der Waals surface area contributed by atoms with Crippen LogP contribution in [-0.2, 0) is 10.0 Å². The topological polar surface area (TPSA) is 109 Å². The number of sulfonamides is 1. The first-order valence-corrected chi connectivity index (χ1v) is 11.2. The van der Waals surface area contributed by atoms with Crippen LogP contribution in [0.3, 0.4) is 0 Å². The third kappa shape index (κ3) is 4.94. The van der Waals surface area contributed by atoms with Crippen LogP contribution in [0.5, 0.6) is 11.5 Å². The molecule has 0 amide bonds. The van der Waals surface area contributed by atoms with Gasteiger partial charge < -0.3 is 14.7 Å². The lowest BCUT2D eigenvalue weighted by Gasteiger charge is -2.12. The van der Waals surface area contributed by atoms with Crippen molar-refractivity contribution in [1.82, 2.24) is 9.61 Å². The second-order valence-electron chi connectivity index (χ2n) is 6.84. The summed E-state index contributed by atoms with van der Waals surface area (Å²) in [5.74, 6) is -0.278. The van der Waals surface area contributed by atoms with Gasteiger partial charge in [0.1, 0.15) is 11.6 Å². The van der Waals surface area contributed by atoms with Gasteiger partial charge in [-0.1, -0.05) is 11.6 Å². The Kier molecular flexibility index (Phi) is 5.91. The Balaban J connectivity index is 1.70. The van der Waals surface area contributed by atoms with Crippen LogP contribution < -0.4 is 18.9 Å². The molecule has 0 aliphatic heterocycles. The van der Waals surface area contributed by atoms with Crippen molar-refractivity contribution in [2.24, 2.45) is 0 Å². The zero-order chi connectivity index (χ0) is 24.7. The number of hydrogen-bond acceptors (Lipinski definition) is 6. The monoisotopic (exact) mass is 514 g/mol. The lowest BCUT2D eigenvalue weighted by molar-refractivity contribution is -0.605. The van der Waals surface area contributed by atoms with Crippen LogP contribution in [-0.4, -0.2) is 31.5 Å². The Bertz CT molecular complexity index is 1470. The first-order valence-electron chi connectivity index (χ1n) is 9.30. The highest BCUT2D eigenvalue weighted by Crippen LogP contribution is 2.29. The number of pyridine rings is 2.